The van der Waals surface area contributed by atoms with Crippen molar-refractivity contribution in [2.75, 3.05) is 37.5 Å². The average Bonchev–Trinajstić information content (AvgIpc) is 2.86. The van der Waals surface area contributed by atoms with Crippen molar-refractivity contribution in [2.45, 2.75) is 51.9 Å². The van der Waals surface area contributed by atoms with Gasteiger partial charge in [-0.3, -0.25) is 9.52 Å². The van der Waals surface area contributed by atoms with Crippen LogP contribution in [0.2, 0.25) is 0 Å². The highest BCUT2D eigenvalue weighted by molar-refractivity contribution is 7.92. The predicted molar refractivity (Wildman–Crippen MR) is 141 cm³/mol. The molecule has 1 saturated heterocycles. The van der Waals surface area contributed by atoms with Crippen molar-refractivity contribution in [1.82, 2.24) is 9.80 Å². The van der Waals surface area contributed by atoms with Crippen molar-refractivity contribution in [2.24, 2.45) is 5.92 Å². The summed E-state index contributed by atoms with van der Waals surface area (Å²) < 4.78 is 34.0. The number of nitrogens with one attached hydrogen (secondary N) is 1. The number of sulfonamides is 1. The fraction of sp³-hybridized carbons (Fsp3) is 0.481. The van der Waals surface area contributed by atoms with Gasteiger partial charge in [-0.05, 0) is 61.1 Å². The summed E-state index contributed by atoms with van der Waals surface area (Å²) in [5.74, 6) is 0.00280. The van der Waals surface area contributed by atoms with E-state index in [1.165, 1.54) is 12.1 Å². The van der Waals surface area contributed by atoms with Gasteiger partial charge in [-0.25, -0.2) is 13.2 Å². The molecule has 1 heterocycles. The van der Waals surface area contributed by atoms with Gasteiger partial charge >= 0.3 is 6.09 Å². The lowest BCUT2D eigenvalue weighted by Gasteiger charge is -2.34. The largest absolute Gasteiger partial charge is 0.449 e. The van der Waals surface area contributed by atoms with Gasteiger partial charge in [-0.2, -0.15) is 0 Å². The number of hydrogen-bond acceptors (Lipinski definition) is 5. The standard InChI is InChI=1S/C27H37N3O5S/c1-5-6-7-22-9-11-23(12-10-22)28-36(33,34)24-13-8-21(4)25(18-24)26(31)29-14-16-30(17-15-29)27(32)35-19-20(2)3/h8-13,18,20,28H,5-7,14-17,19H2,1-4H3. The highest BCUT2D eigenvalue weighted by Gasteiger charge is 2.27. The summed E-state index contributed by atoms with van der Waals surface area (Å²) in [4.78, 5) is 28.7. The molecule has 1 aliphatic heterocycles. The van der Waals surface area contributed by atoms with Crippen LogP contribution in [0.1, 0.15) is 55.1 Å². The SMILES string of the molecule is CCCCc1ccc(NS(=O)(=O)c2ccc(C)c(C(=O)N3CCN(C(=O)OCC(C)C)CC3)c2)cc1. The van der Waals surface area contributed by atoms with Crippen molar-refractivity contribution < 1.29 is 22.7 Å². The first-order chi connectivity index (χ1) is 17.1. The molecule has 0 aromatic heterocycles. The molecule has 1 fully saturated rings. The van der Waals surface area contributed by atoms with Crippen LogP contribution in [0.25, 0.3) is 0 Å². The smallest absolute Gasteiger partial charge is 0.409 e. The first kappa shape index (κ1) is 27.5. The van der Waals surface area contributed by atoms with Crippen LogP contribution in [0.4, 0.5) is 10.5 Å². The van der Waals surface area contributed by atoms with Crippen LogP contribution >= 0.6 is 0 Å². The summed E-state index contributed by atoms with van der Waals surface area (Å²) in [6.45, 7) is 9.67. The molecule has 0 aliphatic carbocycles. The Kier molecular flexibility index (Phi) is 9.37. The van der Waals surface area contributed by atoms with E-state index in [1.807, 2.05) is 26.0 Å². The molecule has 2 aromatic carbocycles. The fourth-order valence-corrected chi connectivity index (χ4v) is 5.01. The number of carbonyl (C=O) groups excluding carboxylic acids is 2. The maximum absolute atomic E-state index is 13.2. The number of carbonyl (C=O) groups is 2. The van der Waals surface area contributed by atoms with Gasteiger partial charge in [0.05, 0.1) is 11.5 Å². The van der Waals surface area contributed by atoms with Gasteiger partial charge in [0.1, 0.15) is 0 Å². The molecule has 9 heteroatoms. The number of nitrogens with zero attached hydrogens (tertiary/aromatic N) is 2. The Morgan fingerprint density at radius 3 is 2.25 bits per heavy atom. The Morgan fingerprint density at radius 1 is 1.00 bits per heavy atom. The average molecular weight is 516 g/mol. The molecule has 196 valence electrons. The summed E-state index contributed by atoms with van der Waals surface area (Å²) in [5, 5.41) is 0. The Morgan fingerprint density at radius 2 is 1.64 bits per heavy atom. The number of benzene rings is 2. The van der Waals surface area contributed by atoms with Gasteiger partial charge < -0.3 is 14.5 Å². The van der Waals surface area contributed by atoms with E-state index in [2.05, 4.69) is 11.6 Å². The van der Waals surface area contributed by atoms with E-state index in [0.29, 0.717) is 49.6 Å². The van der Waals surface area contributed by atoms with E-state index in [0.717, 1.165) is 24.8 Å². The number of aryl methyl sites for hydroxylation is 2. The van der Waals surface area contributed by atoms with Crippen molar-refractivity contribution >= 4 is 27.7 Å². The molecule has 0 unspecified atom stereocenters. The summed E-state index contributed by atoms with van der Waals surface area (Å²) in [6.07, 6.45) is 2.77. The van der Waals surface area contributed by atoms with E-state index < -0.39 is 10.0 Å². The Hall–Kier alpha value is -3.07. The zero-order valence-corrected chi connectivity index (χ0v) is 22.4. The molecule has 0 spiro atoms. The lowest BCUT2D eigenvalue weighted by Crippen LogP contribution is -2.51. The number of hydrogen-bond donors (Lipinski definition) is 1. The lowest BCUT2D eigenvalue weighted by molar-refractivity contribution is 0.0534. The second-order valence-electron chi connectivity index (χ2n) is 9.63. The van der Waals surface area contributed by atoms with Gasteiger partial charge in [0.25, 0.3) is 15.9 Å². The molecule has 2 aromatic rings. The Bertz CT molecular complexity index is 1150. The van der Waals surface area contributed by atoms with Gasteiger partial charge in [-0.15, -0.1) is 0 Å². The van der Waals surface area contributed by atoms with Crippen LogP contribution in [0.3, 0.4) is 0 Å². The lowest BCUT2D eigenvalue weighted by atomic mass is 10.1. The summed E-state index contributed by atoms with van der Waals surface area (Å²) >= 11 is 0. The van der Waals surface area contributed by atoms with E-state index in [9.17, 15) is 18.0 Å². The third-order valence-corrected chi connectivity index (χ3v) is 7.52. The van der Waals surface area contributed by atoms with Crippen molar-refractivity contribution in [3.63, 3.8) is 0 Å². The molecule has 3 rings (SSSR count). The van der Waals surface area contributed by atoms with E-state index in [1.54, 1.807) is 34.9 Å². The van der Waals surface area contributed by atoms with Crippen LogP contribution in [0.15, 0.2) is 47.4 Å². The monoisotopic (exact) mass is 515 g/mol. The van der Waals surface area contributed by atoms with Crippen LogP contribution in [0.5, 0.6) is 0 Å². The van der Waals surface area contributed by atoms with Crippen LogP contribution < -0.4 is 4.72 Å². The molecule has 0 atom stereocenters. The fourth-order valence-electron chi connectivity index (χ4n) is 3.92. The Labute approximate surface area is 214 Å². The highest BCUT2D eigenvalue weighted by atomic mass is 32.2. The number of unbranched alkanes of at least 4 members (excludes halogenated alkanes) is 1. The van der Waals surface area contributed by atoms with Crippen LogP contribution in [0, 0.1) is 12.8 Å². The third kappa shape index (κ3) is 7.22. The van der Waals surface area contributed by atoms with E-state index >= 15 is 0 Å². The summed E-state index contributed by atoms with van der Waals surface area (Å²) in [5.41, 5.74) is 2.67. The van der Waals surface area contributed by atoms with E-state index in [-0.39, 0.29) is 22.8 Å². The normalized spacial score (nSPS) is 14.1. The molecule has 36 heavy (non-hydrogen) atoms. The molecule has 1 aliphatic rings. The summed E-state index contributed by atoms with van der Waals surface area (Å²) in [6, 6.07) is 12.0. The van der Waals surface area contributed by atoms with Crippen molar-refractivity contribution in [1.29, 1.82) is 0 Å². The molecule has 1 N–H and O–H groups in total. The molecular weight excluding hydrogens is 478 g/mol. The minimum absolute atomic E-state index is 0.0300. The van der Waals surface area contributed by atoms with Gasteiger partial charge in [0.15, 0.2) is 0 Å². The van der Waals surface area contributed by atoms with E-state index in [4.69, 9.17) is 4.74 Å². The number of amides is 2. The first-order valence-electron chi connectivity index (χ1n) is 12.5. The molecule has 2 amide bonds. The van der Waals surface area contributed by atoms with Crippen molar-refractivity contribution in [3.8, 4) is 0 Å². The maximum atomic E-state index is 13.2. The zero-order chi connectivity index (χ0) is 26.3. The number of anilines is 1. The molecular formula is C27H37N3O5S. The van der Waals surface area contributed by atoms with Gasteiger partial charge in [-0.1, -0.05) is 45.4 Å². The minimum Gasteiger partial charge on any atom is -0.449 e. The minimum atomic E-state index is -3.87. The maximum Gasteiger partial charge on any atom is 0.409 e. The van der Waals surface area contributed by atoms with Crippen molar-refractivity contribution in [3.05, 3.63) is 59.2 Å². The molecule has 0 bridgehead atoms. The number of rotatable bonds is 9. The predicted octanol–water partition coefficient (Wildman–Crippen LogP) is 4.69. The topological polar surface area (TPSA) is 96.0 Å². The number of ether oxygens (including phenoxy) is 1. The highest BCUT2D eigenvalue weighted by Crippen LogP contribution is 2.22. The number of piperazine rings is 1. The first-order valence-corrected chi connectivity index (χ1v) is 14.0. The molecule has 0 saturated carbocycles. The third-order valence-electron chi connectivity index (χ3n) is 6.14. The second-order valence-corrected chi connectivity index (χ2v) is 11.3. The van der Waals surface area contributed by atoms with Gasteiger partial charge in [0, 0.05) is 37.4 Å². The quantitative estimate of drug-likeness (QED) is 0.523. The Balaban J connectivity index is 1.67. The molecule has 8 nitrogen and oxygen atoms in total. The van der Waals surface area contributed by atoms with Gasteiger partial charge in [0.2, 0.25) is 0 Å². The summed E-state index contributed by atoms with van der Waals surface area (Å²) in [7, 11) is -3.87. The second kappa shape index (κ2) is 12.3. The van der Waals surface area contributed by atoms with Crippen LogP contribution in [-0.2, 0) is 21.2 Å². The molecule has 0 radical (unpaired) electrons. The van der Waals surface area contributed by atoms with Crippen LogP contribution in [-0.4, -0.2) is 63.0 Å². The zero-order valence-electron chi connectivity index (χ0n) is 21.6.